The van der Waals surface area contributed by atoms with E-state index in [2.05, 4.69) is 37.8 Å². The number of amides is 1. The molecule has 2 aromatic rings. The Morgan fingerprint density at radius 3 is 2.70 bits per heavy atom. The Hall–Kier alpha value is -2.37. The van der Waals surface area contributed by atoms with Gasteiger partial charge >= 0.3 is 0 Å². The third-order valence-corrected chi connectivity index (χ3v) is 4.21. The molecule has 1 heterocycles. The SMILES string of the molecule is CCCCN(CCc1nc(-c2cccc(OC)c2)no1)C(=O)CC(C)(C)C. The second-order valence-corrected chi connectivity index (χ2v) is 7.97. The van der Waals surface area contributed by atoms with E-state index in [-0.39, 0.29) is 11.3 Å². The minimum atomic E-state index is -0.0223. The summed E-state index contributed by atoms with van der Waals surface area (Å²) in [6.45, 7) is 9.74. The molecule has 0 atom stereocenters. The fourth-order valence-electron chi connectivity index (χ4n) is 2.74. The summed E-state index contributed by atoms with van der Waals surface area (Å²) in [6.07, 6.45) is 3.14. The summed E-state index contributed by atoms with van der Waals surface area (Å²) in [7, 11) is 1.63. The van der Waals surface area contributed by atoms with Crippen LogP contribution < -0.4 is 4.74 Å². The molecule has 0 aliphatic rings. The lowest BCUT2D eigenvalue weighted by atomic mass is 9.91. The van der Waals surface area contributed by atoms with Crippen molar-refractivity contribution in [3.8, 4) is 17.1 Å². The lowest BCUT2D eigenvalue weighted by Gasteiger charge is -2.26. The summed E-state index contributed by atoms with van der Waals surface area (Å²) in [6, 6.07) is 7.55. The Balaban J connectivity index is 2.02. The van der Waals surface area contributed by atoms with Gasteiger partial charge in [0.15, 0.2) is 0 Å². The van der Waals surface area contributed by atoms with Crippen LogP contribution in [0.25, 0.3) is 11.4 Å². The maximum atomic E-state index is 12.6. The van der Waals surface area contributed by atoms with E-state index in [1.165, 1.54) is 0 Å². The molecule has 0 saturated heterocycles. The molecule has 6 heteroatoms. The van der Waals surface area contributed by atoms with E-state index in [1.54, 1.807) is 7.11 Å². The molecule has 148 valence electrons. The Kier molecular flexibility index (Phi) is 7.39. The fraction of sp³-hybridized carbons (Fsp3) is 0.571. The van der Waals surface area contributed by atoms with Crippen LogP contribution >= 0.6 is 0 Å². The highest BCUT2D eigenvalue weighted by molar-refractivity contribution is 5.76. The average Bonchev–Trinajstić information content (AvgIpc) is 3.09. The third-order valence-electron chi connectivity index (χ3n) is 4.21. The monoisotopic (exact) mass is 373 g/mol. The number of methoxy groups -OCH3 is 1. The maximum absolute atomic E-state index is 12.6. The van der Waals surface area contributed by atoms with Crippen molar-refractivity contribution in [3.05, 3.63) is 30.2 Å². The predicted octanol–water partition coefficient (Wildman–Crippen LogP) is 4.35. The van der Waals surface area contributed by atoms with E-state index in [0.717, 1.165) is 30.7 Å². The van der Waals surface area contributed by atoms with Crippen LogP contribution in [-0.4, -0.2) is 41.1 Å². The molecule has 0 fully saturated rings. The van der Waals surface area contributed by atoms with Crippen molar-refractivity contribution >= 4 is 5.91 Å². The predicted molar refractivity (Wildman–Crippen MR) is 106 cm³/mol. The maximum Gasteiger partial charge on any atom is 0.228 e. The van der Waals surface area contributed by atoms with E-state index in [9.17, 15) is 4.79 Å². The zero-order valence-electron chi connectivity index (χ0n) is 17.1. The number of rotatable bonds is 9. The van der Waals surface area contributed by atoms with E-state index in [1.807, 2.05) is 29.2 Å². The number of carbonyl (C=O) groups is 1. The Morgan fingerprint density at radius 2 is 2.04 bits per heavy atom. The van der Waals surface area contributed by atoms with Gasteiger partial charge in [-0.05, 0) is 24.0 Å². The largest absolute Gasteiger partial charge is 0.497 e. The summed E-state index contributed by atoms with van der Waals surface area (Å²) in [5, 5.41) is 4.06. The topological polar surface area (TPSA) is 68.5 Å². The number of carbonyl (C=O) groups excluding carboxylic acids is 1. The van der Waals surface area contributed by atoms with Crippen LogP contribution in [0.4, 0.5) is 0 Å². The molecule has 0 N–H and O–H groups in total. The highest BCUT2D eigenvalue weighted by atomic mass is 16.5. The minimum Gasteiger partial charge on any atom is -0.497 e. The number of benzene rings is 1. The molecule has 2 rings (SSSR count). The summed E-state index contributed by atoms with van der Waals surface area (Å²) in [5.41, 5.74) is 0.821. The second-order valence-electron chi connectivity index (χ2n) is 7.97. The molecule has 1 aromatic carbocycles. The average molecular weight is 373 g/mol. The molecule has 0 radical (unpaired) electrons. The molecular weight excluding hydrogens is 342 g/mol. The molecule has 1 aromatic heterocycles. The first-order chi connectivity index (χ1) is 12.8. The van der Waals surface area contributed by atoms with Crippen molar-refractivity contribution in [3.63, 3.8) is 0 Å². The number of aromatic nitrogens is 2. The fourth-order valence-corrected chi connectivity index (χ4v) is 2.74. The van der Waals surface area contributed by atoms with Crippen LogP contribution in [0.2, 0.25) is 0 Å². The highest BCUT2D eigenvalue weighted by Gasteiger charge is 2.21. The molecule has 1 amide bonds. The summed E-state index contributed by atoms with van der Waals surface area (Å²) >= 11 is 0. The van der Waals surface area contributed by atoms with Gasteiger partial charge in [0.05, 0.1) is 7.11 Å². The van der Waals surface area contributed by atoms with Gasteiger partial charge in [0.1, 0.15) is 5.75 Å². The lowest BCUT2D eigenvalue weighted by molar-refractivity contribution is -0.133. The first kappa shape index (κ1) is 20.9. The number of hydrogen-bond donors (Lipinski definition) is 0. The Morgan fingerprint density at radius 1 is 1.26 bits per heavy atom. The number of nitrogens with zero attached hydrogens (tertiary/aromatic N) is 3. The molecular formula is C21H31N3O3. The van der Waals surface area contributed by atoms with Crippen LogP contribution in [0.5, 0.6) is 5.75 Å². The van der Waals surface area contributed by atoms with Gasteiger partial charge in [0.25, 0.3) is 0 Å². The van der Waals surface area contributed by atoms with Gasteiger partial charge in [-0.2, -0.15) is 4.98 Å². The van der Waals surface area contributed by atoms with Gasteiger partial charge in [0, 0.05) is 31.5 Å². The van der Waals surface area contributed by atoms with Crippen molar-refractivity contribution in [1.82, 2.24) is 15.0 Å². The Labute approximate surface area is 161 Å². The summed E-state index contributed by atoms with van der Waals surface area (Å²) < 4.78 is 10.6. The zero-order chi connectivity index (χ0) is 19.9. The van der Waals surface area contributed by atoms with Gasteiger partial charge in [-0.1, -0.05) is 51.4 Å². The number of hydrogen-bond acceptors (Lipinski definition) is 5. The van der Waals surface area contributed by atoms with E-state index >= 15 is 0 Å². The van der Waals surface area contributed by atoms with Gasteiger partial charge < -0.3 is 14.2 Å². The van der Waals surface area contributed by atoms with E-state index in [0.29, 0.717) is 31.1 Å². The number of unbranched alkanes of at least 4 members (excludes halogenated alkanes) is 1. The molecule has 0 unspecified atom stereocenters. The molecule has 0 spiro atoms. The molecule has 0 aliphatic heterocycles. The van der Waals surface area contributed by atoms with Gasteiger partial charge in [-0.15, -0.1) is 0 Å². The van der Waals surface area contributed by atoms with Crippen LogP contribution in [0.3, 0.4) is 0 Å². The standard InChI is InChI=1S/C21H31N3O3/c1-6-7-12-24(19(25)15-21(2,3)4)13-11-18-22-20(23-27-18)16-9-8-10-17(14-16)26-5/h8-10,14H,6-7,11-13,15H2,1-5H3. The van der Waals surface area contributed by atoms with Gasteiger partial charge in [-0.25, -0.2) is 0 Å². The minimum absolute atomic E-state index is 0.0223. The van der Waals surface area contributed by atoms with E-state index in [4.69, 9.17) is 9.26 Å². The Bertz CT molecular complexity index is 734. The van der Waals surface area contributed by atoms with Crippen molar-refractivity contribution in [2.75, 3.05) is 20.2 Å². The van der Waals surface area contributed by atoms with Crippen molar-refractivity contribution in [2.24, 2.45) is 5.41 Å². The summed E-state index contributed by atoms with van der Waals surface area (Å²) in [5.74, 6) is 2.00. The first-order valence-electron chi connectivity index (χ1n) is 9.57. The highest BCUT2D eigenvalue weighted by Crippen LogP contribution is 2.22. The third kappa shape index (κ3) is 6.70. The van der Waals surface area contributed by atoms with Crippen molar-refractivity contribution in [1.29, 1.82) is 0 Å². The van der Waals surface area contributed by atoms with Crippen LogP contribution in [-0.2, 0) is 11.2 Å². The van der Waals surface area contributed by atoms with Gasteiger partial charge in [-0.3, -0.25) is 4.79 Å². The van der Waals surface area contributed by atoms with Crippen LogP contribution in [0.15, 0.2) is 28.8 Å². The molecule has 0 saturated carbocycles. The molecule has 0 aliphatic carbocycles. The zero-order valence-corrected chi connectivity index (χ0v) is 17.1. The van der Waals surface area contributed by atoms with Gasteiger partial charge in [0.2, 0.25) is 17.6 Å². The van der Waals surface area contributed by atoms with E-state index < -0.39 is 0 Å². The normalized spacial score (nSPS) is 11.4. The lowest BCUT2D eigenvalue weighted by Crippen LogP contribution is -2.36. The quantitative estimate of drug-likeness (QED) is 0.653. The van der Waals surface area contributed by atoms with Crippen LogP contribution in [0.1, 0.15) is 52.8 Å². The smallest absolute Gasteiger partial charge is 0.228 e. The first-order valence-corrected chi connectivity index (χ1v) is 9.57. The molecule has 6 nitrogen and oxygen atoms in total. The number of ether oxygens (including phenoxy) is 1. The van der Waals surface area contributed by atoms with Crippen LogP contribution in [0, 0.1) is 5.41 Å². The van der Waals surface area contributed by atoms with Crippen molar-refractivity contribution < 1.29 is 14.1 Å². The summed E-state index contributed by atoms with van der Waals surface area (Å²) in [4.78, 5) is 19.0. The molecule has 0 bridgehead atoms. The van der Waals surface area contributed by atoms with Crippen molar-refractivity contribution in [2.45, 2.75) is 53.4 Å². The molecule has 27 heavy (non-hydrogen) atoms. The second kappa shape index (κ2) is 9.53.